The van der Waals surface area contributed by atoms with Crippen LogP contribution in [-0.4, -0.2) is 66.6 Å². The van der Waals surface area contributed by atoms with Crippen molar-refractivity contribution < 1.29 is 28.2 Å². The molecule has 2 N–H and O–H groups in total. The Kier molecular flexibility index (Phi) is 6.94. The number of hydrogen-bond acceptors (Lipinski definition) is 9. The van der Waals surface area contributed by atoms with Gasteiger partial charge in [0.25, 0.3) is 0 Å². The van der Waals surface area contributed by atoms with Crippen LogP contribution in [0, 0.1) is 11.8 Å². The molecule has 10 heteroatoms. The van der Waals surface area contributed by atoms with Gasteiger partial charge in [0.1, 0.15) is 29.5 Å². The summed E-state index contributed by atoms with van der Waals surface area (Å²) in [6.45, 7) is 10.9. The van der Waals surface area contributed by atoms with Gasteiger partial charge in [-0.15, -0.1) is 5.10 Å². The average molecular weight is 479 g/mol. The summed E-state index contributed by atoms with van der Waals surface area (Å²) >= 11 is 0. The van der Waals surface area contributed by atoms with Crippen molar-refractivity contribution in [2.24, 2.45) is 11.8 Å². The molecule has 7 atom stereocenters. The Hall–Kier alpha value is -2.17. The first-order valence-corrected chi connectivity index (χ1v) is 12.1. The summed E-state index contributed by atoms with van der Waals surface area (Å²) in [6, 6.07) is -0.182. The summed E-state index contributed by atoms with van der Waals surface area (Å²) in [5.74, 6) is 0.322. The number of ether oxygens (including phenoxy) is 4. The molecule has 2 saturated heterocycles. The molecule has 1 amide bonds. The number of carbonyl (C=O) groups excluding carboxylic acids is 1. The maximum absolute atomic E-state index is 13.0. The lowest BCUT2D eigenvalue weighted by molar-refractivity contribution is -0.118. The number of allylic oxidation sites excluding steroid dienone is 1. The van der Waals surface area contributed by atoms with Gasteiger partial charge in [0.05, 0.1) is 18.6 Å². The number of epoxide rings is 2. The van der Waals surface area contributed by atoms with Crippen LogP contribution in [0.2, 0.25) is 0 Å². The number of rotatable bonds is 9. The first-order valence-electron chi connectivity index (χ1n) is 12.1. The number of nitrogens with zero attached hydrogens (tertiary/aromatic N) is 2. The second kappa shape index (κ2) is 9.47. The van der Waals surface area contributed by atoms with Crippen LogP contribution in [0.5, 0.6) is 0 Å². The minimum Gasteiger partial charge on any atom is -0.443 e. The Morgan fingerprint density at radius 1 is 1.32 bits per heavy atom. The zero-order valence-corrected chi connectivity index (χ0v) is 21.2. The third-order valence-electron chi connectivity index (χ3n) is 7.36. The molecule has 190 valence electrons. The highest BCUT2D eigenvalue weighted by Crippen LogP contribution is 2.59. The predicted molar refractivity (Wildman–Crippen MR) is 124 cm³/mol. The van der Waals surface area contributed by atoms with Gasteiger partial charge < -0.3 is 34.0 Å². The molecular formula is C24H38N4O6. The van der Waals surface area contributed by atoms with E-state index in [1.165, 1.54) is 5.57 Å². The van der Waals surface area contributed by atoms with E-state index in [0.29, 0.717) is 24.9 Å². The van der Waals surface area contributed by atoms with E-state index in [-0.39, 0.29) is 35.2 Å². The summed E-state index contributed by atoms with van der Waals surface area (Å²) < 4.78 is 29.7. The van der Waals surface area contributed by atoms with Gasteiger partial charge in [-0.2, -0.15) is 0 Å². The molecule has 1 spiro atoms. The summed E-state index contributed by atoms with van der Waals surface area (Å²) in [7, 11) is 3.36. The predicted octanol–water partition coefficient (Wildman–Crippen LogP) is 3.61. The number of carbonyl (C=O) groups is 1. The quantitative estimate of drug-likeness (QED) is 0.404. The average Bonchev–Trinajstić information content (AvgIpc) is 3.64. The Morgan fingerprint density at radius 2 is 2.06 bits per heavy atom. The largest absolute Gasteiger partial charge is 0.443 e. The van der Waals surface area contributed by atoms with Crippen LogP contribution in [0.3, 0.4) is 0 Å². The molecule has 3 aliphatic rings. The van der Waals surface area contributed by atoms with E-state index >= 15 is 0 Å². The summed E-state index contributed by atoms with van der Waals surface area (Å²) in [5, 5.41) is 13.7. The second-order valence-corrected chi connectivity index (χ2v) is 10.4. The van der Waals surface area contributed by atoms with Crippen LogP contribution in [0.25, 0.3) is 0 Å². The molecule has 3 fully saturated rings. The number of amides is 1. The summed E-state index contributed by atoms with van der Waals surface area (Å²) in [6.07, 6.45) is 3.32. The molecule has 0 bridgehead atoms. The van der Waals surface area contributed by atoms with Gasteiger partial charge in [-0.3, -0.25) is 0 Å². The van der Waals surface area contributed by atoms with Crippen LogP contribution >= 0.6 is 0 Å². The van der Waals surface area contributed by atoms with Crippen LogP contribution in [0.15, 0.2) is 16.1 Å². The van der Waals surface area contributed by atoms with Crippen molar-refractivity contribution in [1.82, 2.24) is 15.5 Å². The Labute approximate surface area is 201 Å². The fraction of sp³-hybridized carbons (Fsp3) is 0.792. The standard InChI is InChI=1S/C24H38N4O6/c1-13(2)8-9-16-23(5,34-16)19-18(30-7)15(10-11-24(19)12-31-24)32-22(29)26-17(14(3)4)20-27-28-21(25-6)33-20/h8,14-19H,9-12H2,1-7H3,(H,25,28)(H,26,29)/t15-,16-,17?,18-,19?,23+,24+/m1/s1. The van der Waals surface area contributed by atoms with Crippen LogP contribution < -0.4 is 10.6 Å². The van der Waals surface area contributed by atoms with E-state index < -0.39 is 18.2 Å². The van der Waals surface area contributed by atoms with E-state index in [1.807, 2.05) is 13.8 Å². The van der Waals surface area contributed by atoms with E-state index in [1.54, 1.807) is 14.2 Å². The smallest absolute Gasteiger partial charge is 0.408 e. The van der Waals surface area contributed by atoms with Gasteiger partial charge in [-0.25, -0.2) is 4.79 Å². The molecule has 4 rings (SSSR count). The first kappa shape index (κ1) is 24.9. The summed E-state index contributed by atoms with van der Waals surface area (Å²) in [5.41, 5.74) is 0.622. The summed E-state index contributed by atoms with van der Waals surface area (Å²) in [4.78, 5) is 13.0. The zero-order valence-electron chi connectivity index (χ0n) is 21.2. The molecule has 10 nitrogen and oxygen atoms in total. The van der Waals surface area contributed by atoms with Crippen molar-refractivity contribution in [3.05, 3.63) is 17.5 Å². The van der Waals surface area contributed by atoms with E-state index in [2.05, 4.69) is 47.7 Å². The first-order chi connectivity index (χ1) is 16.1. The fourth-order valence-electron chi connectivity index (χ4n) is 5.34. The highest BCUT2D eigenvalue weighted by Gasteiger charge is 2.72. The number of anilines is 1. The number of hydrogen-bond donors (Lipinski definition) is 2. The van der Waals surface area contributed by atoms with Gasteiger partial charge in [-0.05, 0) is 46.0 Å². The second-order valence-electron chi connectivity index (χ2n) is 10.4. The lowest BCUT2D eigenvalue weighted by atomic mass is 9.68. The van der Waals surface area contributed by atoms with Gasteiger partial charge >= 0.3 is 12.1 Å². The number of methoxy groups -OCH3 is 1. The van der Waals surface area contributed by atoms with Gasteiger partial charge in [-0.1, -0.05) is 30.6 Å². The molecule has 1 saturated carbocycles. The Bertz CT molecular complexity index is 909. The van der Waals surface area contributed by atoms with E-state index in [4.69, 9.17) is 23.4 Å². The van der Waals surface area contributed by atoms with Gasteiger partial charge in [0.2, 0.25) is 5.89 Å². The number of nitrogens with one attached hydrogen (secondary N) is 2. The molecule has 1 aromatic rings. The molecule has 34 heavy (non-hydrogen) atoms. The number of alkyl carbamates (subject to hydrolysis) is 1. The van der Waals surface area contributed by atoms with Gasteiger partial charge in [0, 0.05) is 14.2 Å². The Morgan fingerprint density at radius 3 is 2.62 bits per heavy atom. The van der Waals surface area contributed by atoms with Crippen LogP contribution in [-0.2, 0) is 18.9 Å². The van der Waals surface area contributed by atoms with E-state index in [9.17, 15) is 4.79 Å². The van der Waals surface area contributed by atoms with Crippen molar-refractivity contribution in [2.75, 3.05) is 26.1 Å². The van der Waals surface area contributed by atoms with Crippen molar-refractivity contribution in [3.63, 3.8) is 0 Å². The van der Waals surface area contributed by atoms with Crippen molar-refractivity contribution in [3.8, 4) is 0 Å². The fourth-order valence-corrected chi connectivity index (χ4v) is 5.34. The van der Waals surface area contributed by atoms with Crippen molar-refractivity contribution in [2.45, 2.75) is 89.4 Å². The maximum atomic E-state index is 13.0. The third kappa shape index (κ3) is 4.81. The van der Waals surface area contributed by atoms with Gasteiger partial charge in [0.15, 0.2) is 0 Å². The molecule has 1 aromatic heterocycles. The SMILES string of the molecule is CNc1nnc(C(NC(=O)O[C@@H]2CC[C@]3(CO3)C([C@@]3(C)O[C@@H]3CC=C(C)C)[C@@H]2OC)C(C)C)o1. The molecule has 2 unspecified atom stereocenters. The zero-order chi connectivity index (χ0) is 24.7. The minimum absolute atomic E-state index is 0.0211. The lowest BCUT2D eigenvalue weighted by Gasteiger charge is -2.42. The Balaban J connectivity index is 1.45. The number of aromatic nitrogens is 2. The molecule has 3 heterocycles. The molecular weight excluding hydrogens is 440 g/mol. The molecule has 0 radical (unpaired) electrons. The highest BCUT2D eigenvalue weighted by atomic mass is 16.6. The maximum Gasteiger partial charge on any atom is 0.408 e. The highest BCUT2D eigenvalue weighted by molar-refractivity contribution is 5.68. The van der Waals surface area contributed by atoms with Crippen LogP contribution in [0.4, 0.5) is 10.8 Å². The normalized spacial score (nSPS) is 35.1. The van der Waals surface area contributed by atoms with E-state index in [0.717, 1.165) is 12.8 Å². The molecule has 0 aromatic carbocycles. The molecule has 2 aliphatic heterocycles. The topological polar surface area (TPSA) is 124 Å². The monoisotopic (exact) mass is 478 g/mol. The van der Waals surface area contributed by atoms with Crippen molar-refractivity contribution >= 4 is 12.1 Å². The van der Waals surface area contributed by atoms with Crippen LogP contribution in [0.1, 0.15) is 65.8 Å². The lowest BCUT2D eigenvalue weighted by Crippen LogP contribution is -2.56. The van der Waals surface area contributed by atoms with Crippen molar-refractivity contribution in [1.29, 1.82) is 0 Å². The minimum atomic E-state index is -0.538. The third-order valence-corrected chi connectivity index (χ3v) is 7.36. The molecule has 1 aliphatic carbocycles.